The van der Waals surface area contributed by atoms with Crippen molar-refractivity contribution >= 4 is 11.9 Å². The quantitative estimate of drug-likeness (QED) is 0.846. The number of nitrogens with one attached hydrogen (secondary N) is 1. The van der Waals surface area contributed by atoms with Gasteiger partial charge < -0.3 is 10.1 Å². The zero-order chi connectivity index (χ0) is 15.9. The van der Waals surface area contributed by atoms with E-state index in [4.69, 9.17) is 4.74 Å². The number of rotatable bonds is 5. The van der Waals surface area contributed by atoms with E-state index in [2.05, 4.69) is 5.32 Å². The Hall–Kier alpha value is -2.10. The number of hydrogen-bond acceptors (Lipinski definition) is 3. The van der Waals surface area contributed by atoms with E-state index in [1.807, 2.05) is 30.3 Å². The van der Waals surface area contributed by atoms with E-state index >= 15 is 0 Å². The summed E-state index contributed by atoms with van der Waals surface area (Å²) in [5, 5.41) is 2.64. The SMILES string of the molecule is C/C=C/C(=O)[C@H](Cc1ccccc1)NC(=O)OC(C)(C)C. The molecule has 1 rings (SSSR count). The van der Waals surface area contributed by atoms with Crippen molar-refractivity contribution in [3.05, 3.63) is 48.0 Å². The average molecular weight is 289 g/mol. The molecule has 0 saturated carbocycles. The van der Waals surface area contributed by atoms with Gasteiger partial charge in [0.2, 0.25) is 0 Å². The van der Waals surface area contributed by atoms with E-state index in [9.17, 15) is 9.59 Å². The van der Waals surface area contributed by atoms with Crippen LogP contribution in [0, 0.1) is 0 Å². The summed E-state index contributed by atoms with van der Waals surface area (Å²) in [5.41, 5.74) is 0.391. The summed E-state index contributed by atoms with van der Waals surface area (Å²) in [6, 6.07) is 8.94. The van der Waals surface area contributed by atoms with Gasteiger partial charge in [0.15, 0.2) is 5.78 Å². The summed E-state index contributed by atoms with van der Waals surface area (Å²) in [7, 11) is 0. The minimum atomic E-state index is -0.626. The van der Waals surface area contributed by atoms with Crippen LogP contribution in [-0.4, -0.2) is 23.5 Å². The molecule has 0 aliphatic heterocycles. The summed E-state index contributed by atoms with van der Waals surface area (Å²) in [5.74, 6) is -0.146. The summed E-state index contributed by atoms with van der Waals surface area (Å²) in [6.07, 6.45) is 2.98. The molecule has 1 aromatic rings. The van der Waals surface area contributed by atoms with Crippen LogP contribution in [0.3, 0.4) is 0 Å². The molecular weight excluding hydrogens is 266 g/mol. The fraction of sp³-hybridized carbons (Fsp3) is 0.412. The minimum absolute atomic E-state index is 0.146. The third kappa shape index (κ3) is 6.75. The van der Waals surface area contributed by atoms with Gasteiger partial charge in [0, 0.05) is 6.42 Å². The molecule has 1 N–H and O–H groups in total. The fourth-order valence-electron chi connectivity index (χ4n) is 1.80. The van der Waals surface area contributed by atoms with Gasteiger partial charge in [-0.3, -0.25) is 4.79 Å². The Morgan fingerprint density at radius 1 is 1.24 bits per heavy atom. The Morgan fingerprint density at radius 2 is 1.86 bits per heavy atom. The molecule has 4 heteroatoms. The van der Waals surface area contributed by atoms with Gasteiger partial charge in [-0.25, -0.2) is 4.79 Å². The molecule has 0 radical (unpaired) electrons. The predicted molar refractivity (Wildman–Crippen MR) is 83.1 cm³/mol. The molecule has 0 aliphatic carbocycles. The van der Waals surface area contributed by atoms with Crippen molar-refractivity contribution in [3.63, 3.8) is 0 Å². The summed E-state index contributed by atoms with van der Waals surface area (Å²) in [6.45, 7) is 7.12. The van der Waals surface area contributed by atoms with Gasteiger partial charge in [-0.1, -0.05) is 36.4 Å². The van der Waals surface area contributed by atoms with Gasteiger partial charge >= 0.3 is 6.09 Å². The molecule has 0 aromatic heterocycles. The van der Waals surface area contributed by atoms with E-state index in [0.29, 0.717) is 6.42 Å². The smallest absolute Gasteiger partial charge is 0.408 e. The zero-order valence-corrected chi connectivity index (χ0v) is 13.1. The van der Waals surface area contributed by atoms with Crippen molar-refractivity contribution in [3.8, 4) is 0 Å². The lowest BCUT2D eigenvalue weighted by Crippen LogP contribution is -2.44. The third-order valence-electron chi connectivity index (χ3n) is 2.65. The van der Waals surface area contributed by atoms with Gasteiger partial charge in [-0.05, 0) is 39.3 Å². The standard InChI is InChI=1S/C17H23NO3/c1-5-9-15(19)14(12-13-10-7-6-8-11-13)18-16(20)21-17(2,3)4/h5-11,14H,12H2,1-4H3,(H,18,20)/b9-5+/t14-/m0/s1. The van der Waals surface area contributed by atoms with Crippen LogP contribution in [-0.2, 0) is 16.0 Å². The second kappa shape index (κ2) is 7.62. The number of amides is 1. The Kier molecular flexibility index (Phi) is 6.15. The van der Waals surface area contributed by atoms with Crippen LogP contribution in [0.5, 0.6) is 0 Å². The highest BCUT2D eigenvalue weighted by molar-refractivity contribution is 5.96. The molecule has 0 aliphatic rings. The van der Waals surface area contributed by atoms with Crippen molar-refractivity contribution in [2.45, 2.75) is 45.8 Å². The molecule has 114 valence electrons. The maximum Gasteiger partial charge on any atom is 0.408 e. The first-order valence-electron chi connectivity index (χ1n) is 7.02. The lowest BCUT2D eigenvalue weighted by atomic mass is 10.0. The van der Waals surface area contributed by atoms with Gasteiger partial charge in [0.25, 0.3) is 0 Å². The number of ether oxygens (including phenoxy) is 1. The number of hydrogen-bond donors (Lipinski definition) is 1. The van der Waals surface area contributed by atoms with Crippen LogP contribution >= 0.6 is 0 Å². The van der Waals surface area contributed by atoms with Gasteiger partial charge in [-0.15, -0.1) is 0 Å². The highest BCUT2D eigenvalue weighted by atomic mass is 16.6. The molecule has 0 unspecified atom stereocenters. The van der Waals surface area contributed by atoms with E-state index in [0.717, 1.165) is 5.56 Å². The first-order valence-corrected chi connectivity index (χ1v) is 7.02. The lowest BCUT2D eigenvalue weighted by molar-refractivity contribution is -0.116. The Labute approximate surface area is 126 Å². The van der Waals surface area contributed by atoms with E-state index < -0.39 is 17.7 Å². The number of carbonyl (C=O) groups is 2. The van der Waals surface area contributed by atoms with E-state index in [1.165, 1.54) is 6.08 Å². The number of allylic oxidation sites excluding steroid dienone is 1. The van der Waals surface area contributed by atoms with Crippen molar-refractivity contribution in [2.24, 2.45) is 0 Å². The number of carbonyl (C=O) groups excluding carboxylic acids is 2. The normalized spacial score (nSPS) is 13.0. The molecule has 4 nitrogen and oxygen atoms in total. The zero-order valence-electron chi connectivity index (χ0n) is 13.1. The van der Waals surface area contributed by atoms with Crippen LogP contribution in [0.25, 0.3) is 0 Å². The largest absolute Gasteiger partial charge is 0.444 e. The topological polar surface area (TPSA) is 55.4 Å². The highest BCUT2D eigenvalue weighted by Crippen LogP contribution is 2.09. The van der Waals surface area contributed by atoms with Gasteiger partial charge in [0.1, 0.15) is 5.60 Å². The maximum atomic E-state index is 12.1. The number of benzene rings is 1. The van der Waals surface area contributed by atoms with Crippen LogP contribution in [0.2, 0.25) is 0 Å². The molecule has 0 heterocycles. The first-order chi connectivity index (χ1) is 9.81. The van der Waals surface area contributed by atoms with Crippen molar-refractivity contribution in [1.82, 2.24) is 5.32 Å². The van der Waals surface area contributed by atoms with Gasteiger partial charge in [0.05, 0.1) is 6.04 Å². The molecule has 21 heavy (non-hydrogen) atoms. The number of alkyl carbamates (subject to hydrolysis) is 1. The van der Waals surface area contributed by atoms with E-state index in [1.54, 1.807) is 33.8 Å². The summed E-state index contributed by atoms with van der Waals surface area (Å²) >= 11 is 0. The monoisotopic (exact) mass is 289 g/mol. The lowest BCUT2D eigenvalue weighted by Gasteiger charge is -2.22. The minimum Gasteiger partial charge on any atom is -0.444 e. The Balaban J connectivity index is 2.78. The second-order valence-corrected chi connectivity index (χ2v) is 5.79. The second-order valence-electron chi connectivity index (χ2n) is 5.79. The first kappa shape index (κ1) is 17.0. The molecule has 0 fully saturated rings. The Morgan fingerprint density at radius 3 is 2.38 bits per heavy atom. The predicted octanol–water partition coefficient (Wildman–Crippen LogP) is 3.27. The van der Waals surface area contributed by atoms with Crippen molar-refractivity contribution < 1.29 is 14.3 Å². The van der Waals surface area contributed by atoms with Crippen LogP contribution < -0.4 is 5.32 Å². The summed E-state index contributed by atoms with van der Waals surface area (Å²) < 4.78 is 5.21. The molecule has 1 amide bonds. The molecule has 0 bridgehead atoms. The molecule has 0 saturated heterocycles. The van der Waals surface area contributed by atoms with Crippen LogP contribution in [0.4, 0.5) is 4.79 Å². The molecular formula is C17H23NO3. The van der Waals surface area contributed by atoms with Crippen molar-refractivity contribution in [2.75, 3.05) is 0 Å². The number of ketones is 1. The fourth-order valence-corrected chi connectivity index (χ4v) is 1.80. The Bertz CT molecular complexity index is 501. The average Bonchev–Trinajstić information content (AvgIpc) is 2.37. The van der Waals surface area contributed by atoms with E-state index in [-0.39, 0.29) is 5.78 Å². The molecule has 1 atom stereocenters. The van der Waals surface area contributed by atoms with Crippen LogP contribution in [0.1, 0.15) is 33.3 Å². The summed E-state index contributed by atoms with van der Waals surface area (Å²) in [4.78, 5) is 23.9. The van der Waals surface area contributed by atoms with Crippen molar-refractivity contribution in [1.29, 1.82) is 0 Å². The molecule has 1 aromatic carbocycles. The van der Waals surface area contributed by atoms with Gasteiger partial charge in [-0.2, -0.15) is 0 Å². The molecule has 0 spiro atoms. The third-order valence-corrected chi connectivity index (χ3v) is 2.65. The highest BCUT2D eigenvalue weighted by Gasteiger charge is 2.23. The van der Waals surface area contributed by atoms with Crippen LogP contribution in [0.15, 0.2) is 42.5 Å². The maximum absolute atomic E-state index is 12.1.